The smallest absolute Gasteiger partial charge is 0.309 e. The Bertz CT molecular complexity index is 292. The highest BCUT2D eigenvalue weighted by Crippen LogP contribution is 2.41. The van der Waals surface area contributed by atoms with Crippen molar-refractivity contribution in [1.29, 1.82) is 0 Å². The van der Waals surface area contributed by atoms with E-state index in [1.165, 1.54) is 0 Å². The summed E-state index contributed by atoms with van der Waals surface area (Å²) in [5, 5.41) is 9.47. The zero-order chi connectivity index (χ0) is 12.5. The first kappa shape index (κ1) is 12.8. The number of carboxylic acids is 1. The lowest BCUT2D eigenvalue weighted by atomic mass is 9.75. The van der Waals surface area contributed by atoms with Gasteiger partial charge in [0.2, 0.25) is 0 Å². The van der Waals surface area contributed by atoms with Gasteiger partial charge in [-0.1, -0.05) is 0 Å². The molecule has 1 unspecified atom stereocenters. The minimum Gasteiger partial charge on any atom is -0.481 e. The van der Waals surface area contributed by atoms with E-state index in [0.29, 0.717) is 32.5 Å². The molecule has 2 rings (SSSR count). The molecule has 0 saturated carbocycles. The average molecular weight is 242 g/mol. The van der Waals surface area contributed by atoms with Gasteiger partial charge in [0, 0.05) is 13.2 Å². The Hall–Kier alpha value is -0.610. The second-order valence-corrected chi connectivity index (χ2v) is 5.94. The molecule has 4 nitrogen and oxygen atoms in total. The summed E-state index contributed by atoms with van der Waals surface area (Å²) >= 11 is 0. The summed E-state index contributed by atoms with van der Waals surface area (Å²) < 4.78 is 11.2. The Morgan fingerprint density at radius 2 is 1.94 bits per heavy atom. The van der Waals surface area contributed by atoms with Gasteiger partial charge in [0.15, 0.2) is 0 Å². The summed E-state index contributed by atoms with van der Waals surface area (Å²) in [5.74, 6) is -0.686. The van der Waals surface area contributed by atoms with Crippen molar-refractivity contribution in [2.45, 2.75) is 57.7 Å². The first-order valence-electron chi connectivity index (χ1n) is 6.43. The second-order valence-electron chi connectivity index (χ2n) is 5.94. The van der Waals surface area contributed by atoms with E-state index in [9.17, 15) is 9.90 Å². The van der Waals surface area contributed by atoms with Gasteiger partial charge in [0.25, 0.3) is 0 Å². The van der Waals surface area contributed by atoms with Crippen molar-refractivity contribution in [2.75, 3.05) is 13.2 Å². The van der Waals surface area contributed by atoms with Crippen LogP contribution in [0.2, 0.25) is 0 Å². The van der Waals surface area contributed by atoms with Gasteiger partial charge in [0.1, 0.15) is 0 Å². The maximum absolute atomic E-state index is 11.5. The highest BCUT2D eigenvalue weighted by atomic mass is 16.5. The number of carbonyl (C=O) groups is 1. The third-order valence-electron chi connectivity index (χ3n) is 4.08. The van der Waals surface area contributed by atoms with Gasteiger partial charge in [-0.3, -0.25) is 4.79 Å². The van der Waals surface area contributed by atoms with Crippen molar-refractivity contribution in [3.8, 4) is 0 Å². The molecule has 1 atom stereocenters. The molecule has 98 valence electrons. The summed E-state index contributed by atoms with van der Waals surface area (Å²) in [6.45, 7) is 5.26. The molecule has 1 N–H and O–H groups in total. The summed E-state index contributed by atoms with van der Waals surface area (Å²) in [5.41, 5.74) is -0.709. The van der Waals surface area contributed by atoms with Crippen molar-refractivity contribution in [1.82, 2.24) is 0 Å². The number of aliphatic carboxylic acids is 1. The SMILES string of the molecule is CC1(C)CCC(CC2(C(=O)O)CCOCC2)O1. The normalized spacial score (nSPS) is 31.3. The fourth-order valence-electron chi connectivity index (χ4n) is 2.92. The number of carboxylic acid groups (broad SMARTS) is 1. The molecule has 0 aliphatic carbocycles. The van der Waals surface area contributed by atoms with E-state index < -0.39 is 11.4 Å². The number of ether oxygens (including phenoxy) is 2. The zero-order valence-electron chi connectivity index (χ0n) is 10.7. The Labute approximate surface area is 102 Å². The number of rotatable bonds is 3. The van der Waals surface area contributed by atoms with Crippen LogP contribution in [0.4, 0.5) is 0 Å². The number of hydrogen-bond acceptors (Lipinski definition) is 3. The molecule has 2 heterocycles. The zero-order valence-corrected chi connectivity index (χ0v) is 10.7. The lowest BCUT2D eigenvalue weighted by Crippen LogP contribution is -2.40. The third kappa shape index (κ3) is 2.80. The fraction of sp³-hybridized carbons (Fsp3) is 0.923. The van der Waals surface area contributed by atoms with Gasteiger partial charge >= 0.3 is 5.97 Å². The second kappa shape index (κ2) is 4.58. The van der Waals surface area contributed by atoms with E-state index in [-0.39, 0.29) is 11.7 Å². The average Bonchev–Trinajstić information content (AvgIpc) is 2.59. The van der Waals surface area contributed by atoms with Crippen molar-refractivity contribution < 1.29 is 19.4 Å². The molecule has 0 radical (unpaired) electrons. The molecule has 0 aromatic carbocycles. The van der Waals surface area contributed by atoms with Gasteiger partial charge < -0.3 is 14.6 Å². The maximum atomic E-state index is 11.5. The van der Waals surface area contributed by atoms with E-state index in [1.807, 2.05) is 0 Å². The van der Waals surface area contributed by atoms with Crippen molar-refractivity contribution in [3.63, 3.8) is 0 Å². The van der Waals surface area contributed by atoms with Gasteiger partial charge in [-0.25, -0.2) is 0 Å². The van der Waals surface area contributed by atoms with Crippen molar-refractivity contribution in [2.24, 2.45) is 5.41 Å². The molecule has 2 fully saturated rings. The fourth-order valence-corrected chi connectivity index (χ4v) is 2.92. The van der Waals surface area contributed by atoms with Crippen LogP contribution in [-0.2, 0) is 14.3 Å². The van der Waals surface area contributed by atoms with Crippen molar-refractivity contribution in [3.05, 3.63) is 0 Å². The van der Waals surface area contributed by atoms with Gasteiger partial charge in [-0.05, 0) is 46.0 Å². The Kier molecular flexibility index (Phi) is 3.46. The molecule has 0 aromatic heterocycles. The topological polar surface area (TPSA) is 55.8 Å². The van der Waals surface area contributed by atoms with Crippen molar-refractivity contribution >= 4 is 5.97 Å². The third-order valence-corrected chi connectivity index (χ3v) is 4.08. The summed E-state index contributed by atoms with van der Waals surface area (Å²) in [6.07, 6.45) is 3.95. The molecule has 17 heavy (non-hydrogen) atoms. The van der Waals surface area contributed by atoms with E-state index in [0.717, 1.165) is 12.8 Å². The molecule has 0 aromatic rings. The lowest BCUT2D eigenvalue weighted by Gasteiger charge is -2.35. The van der Waals surface area contributed by atoms with E-state index >= 15 is 0 Å². The number of hydrogen-bond donors (Lipinski definition) is 1. The predicted octanol–water partition coefficient (Wildman–Crippen LogP) is 2.22. The predicted molar refractivity (Wildman–Crippen MR) is 62.9 cm³/mol. The van der Waals surface area contributed by atoms with Crippen LogP contribution >= 0.6 is 0 Å². The quantitative estimate of drug-likeness (QED) is 0.824. The van der Waals surface area contributed by atoms with Crippen LogP contribution in [0.5, 0.6) is 0 Å². The highest BCUT2D eigenvalue weighted by Gasteiger charge is 2.44. The lowest BCUT2D eigenvalue weighted by molar-refractivity contribution is -0.159. The monoisotopic (exact) mass is 242 g/mol. The minimum atomic E-state index is -0.686. The van der Waals surface area contributed by atoms with Crippen LogP contribution in [0.3, 0.4) is 0 Å². The van der Waals surface area contributed by atoms with E-state index in [2.05, 4.69) is 13.8 Å². The van der Waals surface area contributed by atoms with Gasteiger partial charge in [-0.15, -0.1) is 0 Å². The van der Waals surface area contributed by atoms with E-state index in [1.54, 1.807) is 0 Å². The molecule has 0 bridgehead atoms. The molecule has 2 aliphatic rings. The molecule has 0 spiro atoms. The molecule has 4 heteroatoms. The maximum Gasteiger partial charge on any atom is 0.309 e. The van der Waals surface area contributed by atoms with Gasteiger partial charge in [-0.2, -0.15) is 0 Å². The van der Waals surface area contributed by atoms with Crippen LogP contribution in [0.25, 0.3) is 0 Å². The molecule has 2 saturated heterocycles. The standard InChI is InChI=1S/C13H22O4/c1-12(2)4-3-10(17-12)9-13(11(14)15)5-7-16-8-6-13/h10H,3-9H2,1-2H3,(H,14,15). The first-order chi connectivity index (χ1) is 7.94. The largest absolute Gasteiger partial charge is 0.481 e. The summed E-state index contributed by atoms with van der Waals surface area (Å²) in [4.78, 5) is 11.5. The molecule has 2 aliphatic heterocycles. The first-order valence-corrected chi connectivity index (χ1v) is 6.43. The molecule has 0 amide bonds. The summed E-state index contributed by atoms with van der Waals surface area (Å²) in [6, 6.07) is 0. The summed E-state index contributed by atoms with van der Waals surface area (Å²) in [7, 11) is 0. The van der Waals surface area contributed by atoms with E-state index in [4.69, 9.17) is 9.47 Å². The van der Waals surface area contributed by atoms with Gasteiger partial charge in [0.05, 0.1) is 17.1 Å². The minimum absolute atomic E-state index is 0.0878. The Morgan fingerprint density at radius 1 is 1.29 bits per heavy atom. The van der Waals surface area contributed by atoms with Crippen LogP contribution in [0, 0.1) is 5.41 Å². The van der Waals surface area contributed by atoms with Crippen LogP contribution in [-0.4, -0.2) is 36.0 Å². The van der Waals surface area contributed by atoms with Crippen LogP contribution < -0.4 is 0 Å². The highest BCUT2D eigenvalue weighted by molar-refractivity contribution is 5.74. The Balaban J connectivity index is 2.01. The molecular weight excluding hydrogens is 220 g/mol. The van der Waals surface area contributed by atoms with Crippen LogP contribution in [0.1, 0.15) is 46.0 Å². The van der Waals surface area contributed by atoms with Crippen LogP contribution in [0.15, 0.2) is 0 Å². The molecular formula is C13H22O4. The Morgan fingerprint density at radius 3 is 2.41 bits per heavy atom.